The van der Waals surface area contributed by atoms with Crippen molar-refractivity contribution < 1.29 is 67.4 Å². The number of benzene rings is 4. The zero-order chi connectivity index (χ0) is 82.4. The molecule has 7 aromatic rings. The predicted molar refractivity (Wildman–Crippen MR) is 419 cm³/mol. The lowest BCUT2D eigenvalue weighted by Crippen LogP contribution is -2.61. The van der Waals surface area contributed by atoms with Crippen molar-refractivity contribution in [3.63, 3.8) is 0 Å². The lowest BCUT2D eigenvalue weighted by atomic mass is 10.0. The molecule has 0 aliphatic carbocycles. The van der Waals surface area contributed by atoms with Crippen molar-refractivity contribution in [2.45, 2.75) is 171 Å². The topological polar surface area (TPSA) is 565 Å². The molecule has 0 spiro atoms. The van der Waals surface area contributed by atoms with Crippen LogP contribution in [0.4, 0.5) is 0 Å². The summed E-state index contributed by atoms with van der Waals surface area (Å²) in [5.74, 6) is -11.4. The van der Waals surface area contributed by atoms with Gasteiger partial charge in [0.15, 0.2) is 5.96 Å². The number of H-pyrrole nitrogens is 3. The first-order valence-electron chi connectivity index (χ1n) is 37.6. The molecule has 3 aromatic heterocycles. The van der Waals surface area contributed by atoms with E-state index >= 15 is 0 Å². The van der Waals surface area contributed by atoms with Crippen molar-refractivity contribution in [3.05, 3.63) is 174 Å². The molecule has 23 N–H and O–H groups in total. The maximum atomic E-state index is 14.8. The number of aromatic nitrogens is 5. The molecule has 114 heavy (non-hydrogen) atoms. The number of imidazole rings is 2. The number of carbonyl (C=O) groups is 13. The minimum Gasteiger partial charge on any atom is -0.508 e. The van der Waals surface area contributed by atoms with Gasteiger partial charge in [-0.2, -0.15) is 0 Å². The van der Waals surface area contributed by atoms with Gasteiger partial charge in [-0.05, 0) is 105 Å². The summed E-state index contributed by atoms with van der Waals surface area (Å²) in [6, 6.07) is 18.2. The van der Waals surface area contributed by atoms with Crippen LogP contribution in [-0.4, -0.2) is 210 Å². The second kappa shape index (κ2) is 43.0. The Kier molecular flexibility index (Phi) is 32.6. The minimum absolute atomic E-state index is 0.0312. The predicted octanol–water partition coefficient (Wildman–Crippen LogP) is -1.79. The molecular formula is C78H102N22O14. The van der Waals surface area contributed by atoms with Crippen molar-refractivity contribution in [3.8, 4) is 5.75 Å². The first-order chi connectivity index (χ1) is 54.6. The molecule has 1 fully saturated rings. The Morgan fingerprint density at radius 1 is 0.553 bits per heavy atom. The Bertz CT molecular complexity index is 4430. The van der Waals surface area contributed by atoms with Crippen molar-refractivity contribution in [2.75, 3.05) is 26.2 Å². The molecule has 36 heteroatoms. The number of aromatic amines is 3. The number of phenolic OH excluding ortho intramolecular Hbond substituents is 1. The summed E-state index contributed by atoms with van der Waals surface area (Å²) in [6.07, 6.45) is 7.75. The largest absolute Gasteiger partial charge is 0.508 e. The zero-order valence-corrected chi connectivity index (χ0v) is 63.8. The van der Waals surface area contributed by atoms with Gasteiger partial charge in [0.2, 0.25) is 76.8 Å². The number of carbonyl (C=O) groups excluding carboxylic acids is 13. The minimum atomic E-state index is -1.78. The van der Waals surface area contributed by atoms with Crippen LogP contribution in [0.3, 0.4) is 0 Å². The van der Waals surface area contributed by atoms with Crippen LogP contribution in [0.15, 0.2) is 140 Å². The SMILES string of the molecule is CC(C)[C@H](NC(=O)[C@H](C)NC(=O)[C@H](Cc1c[nH]c2ccccc12)NC(=O)[C@H](Cc1cnc[nH]1)NC(=O)[C@H](CC(N)=O)NC(=O)CNC(=O)[C@H](CCCNC(=N)N)NC(=O)[C@@H]1CCCN1C(=O)CCc1ccc(O)cc1)C(=O)N[C@H](C)C(=O)N[C@@H](Cc1cnc[nH]1)C(=O)N[C@H](CN[C@@H](Cc1ccccc1)C(N)=O)Cc1ccccc1. The third-order valence-electron chi connectivity index (χ3n) is 19.2. The van der Waals surface area contributed by atoms with Crippen LogP contribution >= 0.6 is 0 Å². The summed E-state index contributed by atoms with van der Waals surface area (Å²) in [6.45, 7) is 5.68. The number of para-hydroxylation sites is 1. The number of nitrogens with zero attached hydrogens (tertiary/aromatic N) is 3. The molecule has 1 aliphatic rings. The number of aromatic hydroxyl groups is 1. The van der Waals surface area contributed by atoms with Crippen molar-refractivity contribution in [1.29, 1.82) is 5.41 Å². The number of phenols is 1. The number of primary amides is 2. The number of aryl methyl sites for hydroxylation is 1. The van der Waals surface area contributed by atoms with Gasteiger partial charge in [-0.15, -0.1) is 0 Å². The Hall–Kier alpha value is -13.0. The van der Waals surface area contributed by atoms with E-state index in [0.717, 1.165) is 16.7 Å². The van der Waals surface area contributed by atoms with E-state index < -0.39 is 156 Å². The monoisotopic (exact) mass is 1570 g/mol. The number of amides is 13. The molecule has 4 aromatic carbocycles. The number of fused-ring (bicyclic) bond motifs is 1. The standard InChI is InChI=1S/C78H102N22O14/c1-44(2)67(77(114)92-45(3)69(106)96-60(34-51-38-83-42-89-51)73(110)93-53(31-48-15-7-5-8-16-48)40-87-58(68(80)105)32-49-17-9-6-10-18-49)99-70(107)46(4)91-72(109)59(33-50-37-86-56-20-12-11-19-55(50)56)97-74(111)61(35-52-39-84-43-90-52)98-75(112)62(36-64(79)102)94-65(103)41-88-71(108)57(21-13-29-85-78(81)82)95-76(113)63-22-14-30-100(63)66(104)28-25-47-23-26-54(101)27-24-47/h5-12,15-20,23-24,26-27,37-39,42-46,53,57-63,67,86-87,101H,13-14,21-22,25,28-36,40-41H2,1-4H3,(H2,79,102)(H2,80,105)(H,83,89)(H,84,90)(H,88,108)(H,91,109)(H,92,114)(H,93,110)(H,94,103)(H,95,113)(H,96,106)(H,97,111)(H,98,112)(H,99,107)(H4,81,82,85)/t45-,46+,53+,57+,58+,59+,60+,61+,62+,63+,67+/m1/s1. The molecule has 0 unspecified atom stereocenters. The van der Waals surface area contributed by atoms with Gasteiger partial charge in [0, 0.05) is 92.2 Å². The maximum absolute atomic E-state index is 14.8. The van der Waals surface area contributed by atoms with Gasteiger partial charge in [0.05, 0.1) is 31.7 Å². The van der Waals surface area contributed by atoms with Gasteiger partial charge in [-0.3, -0.25) is 67.7 Å². The summed E-state index contributed by atoms with van der Waals surface area (Å²) < 4.78 is 0. The van der Waals surface area contributed by atoms with Crippen molar-refractivity contribution in [2.24, 2.45) is 23.1 Å². The third kappa shape index (κ3) is 27.2. The highest BCUT2D eigenvalue weighted by atomic mass is 16.3. The fourth-order valence-corrected chi connectivity index (χ4v) is 13.0. The number of hydrogen-bond acceptors (Lipinski definition) is 18. The van der Waals surface area contributed by atoms with Gasteiger partial charge in [0.25, 0.3) is 0 Å². The molecular weight excluding hydrogens is 1470 g/mol. The van der Waals surface area contributed by atoms with Gasteiger partial charge in [-0.1, -0.05) is 105 Å². The smallest absolute Gasteiger partial charge is 0.243 e. The van der Waals surface area contributed by atoms with E-state index in [0.29, 0.717) is 53.5 Å². The van der Waals surface area contributed by atoms with Crippen LogP contribution < -0.4 is 81.0 Å². The Labute approximate surface area is 657 Å². The first kappa shape index (κ1) is 86.6. The summed E-state index contributed by atoms with van der Waals surface area (Å²) >= 11 is 0. The summed E-state index contributed by atoms with van der Waals surface area (Å²) in [5.41, 5.74) is 21.4. The van der Waals surface area contributed by atoms with Crippen LogP contribution in [0.5, 0.6) is 5.75 Å². The quantitative estimate of drug-likeness (QED) is 0.0114. The first-order valence-corrected chi connectivity index (χ1v) is 37.6. The molecule has 4 heterocycles. The van der Waals surface area contributed by atoms with Crippen LogP contribution in [0.25, 0.3) is 10.9 Å². The molecule has 0 saturated carbocycles. The van der Waals surface area contributed by atoms with Crippen LogP contribution in [0, 0.1) is 11.3 Å². The molecule has 1 saturated heterocycles. The summed E-state index contributed by atoms with van der Waals surface area (Å²) in [7, 11) is 0. The number of hydrogen-bond donors (Lipinski definition) is 20. The highest BCUT2D eigenvalue weighted by Crippen LogP contribution is 2.23. The Morgan fingerprint density at radius 3 is 1.71 bits per heavy atom. The van der Waals surface area contributed by atoms with Gasteiger partial charge in [0.1, 0.15) is 60.1 Å². The van der Waals surface area contributed by atoms with Gasteiger partial charge >= 0.3 is 0 Å². The van der Waals surface area contributed by atoms with Gasteiger partial charge < -0.3 is 106 Å². The van der Waals surface area contributed by atoms with E-state index in [1.54, 1.807) is 56.4 Å². The van der Waals surface area contributed by atoms with Crippen LogP contribution in [0.1, 0.15) is 99.9 Å². The fraction of sp³-hybridized carbons (Fsp3) is 0.410. The maximum Gasteiger partial charge on any atom is 0.243 e. The molecule has 608 valence electrons. The molecule has 1 aliphatic heterocycles. The zero-order valence-electron chi connectivity index (χ0n) is 63.8. The van der Waals surface area contributed by atoms with E-state index in [1.807, 2.05) is 60.7 Å². The van der Waals surface area contributed by atoms with E-state index in [-0.39, 0.29) is 82.2 Å². The molecule has 0 radical (unpaired) electrons. The van der Waals surface area contributed by atoms with Crippen LogP contribution in [0.2, 0.25) is 0 Å². The average Bonchev–Trinajstić information content (AvgIpc) is 1.66. The van der Waals surface area contributed by atoms with E-state index in [4.69, 9.17) is 22.6 Å². The highest BCUT2D eigenvalue weighted by molar-refractivity contribution is 6.00. The van der Waals surface area contributed by atoms with Crippen molar-refractivity contribution in [1.82, 2.24) is 93.6 Å². The van der Waals surface area contributed by atoms with E-state index in [1.165, 1.54) is 55.9 Å². The van der Waals surface area contributed by atoms with Crippen molar-refractivity contribution >= 4 is 93.7 Å². The average molecular weight is 1570 g/mol. The fourth-order valence-electron chi connectivity index (χ4n) is 13.0. The molecule has 13 amide bonds. The third-order valence-corrected chi connectivity index (χ3v) is 19.2. The summed E-state index contributed by atoms with van der Waals surface area (Å²) in [4.78, 5) is 200. The number of rotatable bonds is 44. The molecule has 36 nitrogen and oxygen atoms in total. The Morgan fingerprint density at radius 2 is 1.11 bits per heavy atom. The number of nitrogens with two attached hydrogens (primary N) is 3. The highest BCUT2D eigenvalue weighted by Gasteiger charge is 2.38. The lowest BCUT2D eigenvalue weighted by Gasteiger charge is -2.28. The molecule has 8 rings (SSSR count). The normalized spacial score (nSPS) is 15.1. The number of likely N-dealkylation sites (tertiary alicyclic amines) is 1. The second-order valence-corrected chi connectivity index (χ2v) is 28.4. The van der Waals surface area contributed by atoms with E-state index in [2.05, 4.69) is 88.7 Å². The number of guanidine groups is 1. The lowest BCUT2D eigenvalue weighted by molar-refractivity contribution is -0.139. The Balaban J connectivity index is 0.910. The molecule has 11 atom stereocenters. The summed E-state index contributed by atoms with van der Waals surface area (Å²) in [5, 5.41) is 50.2. The van der Waals surface area contributed by atoms with E-state index in [9.17, 15) is 67.4 Å². The number of nitrogens with one attached hydrogen (secondary N) is 16. The van der Waals surface area contributed by atoms with Gasteiger partial charge in [-0.25, -0.2) is 9.97 Å². The molecule has 0 bridgehead atoms. The second-order valence-electron chi connectivity index (χ2n) is 28.4. The van der Waals surface area contributed by atoms with Crippen LogP contribution in [-0.2, 0) is 101 Å².